The van der Waals surface area contributed by atoms with E-state index in [0.717, 1.165) is 84.0 Å². The lowest BCUT2D eigenvalue weighted by Crippen LogP contribution is -2.48. The van der Waals surface area contributed by atoms with Crippen LogP contribution in [0.25, 0.3) is 11.1 Å². The molecular formula is C43H54ClN3O6. The van der Waals surface area contributed by atoms with Gasteiger partial charge < -0.3 is 39.4 Å². The first-order chi connectivity index (χ1) is 25.7. The smallest absolute Gasteiger partial charge is 0.142 e. The molecule has 3 aromatic carbocycles. The fourth-order valence-electron chi connectivity index (χ4n) is 7.19. The van der Waals surface area contributed by atoms with Crippen molar-refractivity contribution in [2.45, 2.75) is 71.8 Å². The van der Waals surface area contributed by atoms with Crippen molar-refractivity contribution in [1.82, 2.24) is 15.2 Å². The number of hydrogen-bond donors (Lipinski definition) is 3. The molecule has 0 saturated carbocycles. The number of piperidine rings is 1. The number of benzene rings is 3. The number of nitrogens with zero attached hydrogens (tertiary/aromatic N) is 2. The number of hydrogen-bond acceptors (Lipinski definition) is 9. The van der Waals surface area contributed by atoms with Gasteiger partial charge in [0.25, 0.3) is 0 Å². The molecule has 284 valence electrons. The summed E-state index contributed by atoms with van der Waals surface area (Å²) in [5.74, 6) is 2.00. The van der Waals surface area contributed by atoms with Gasteiger partial charge in [0, 0.05) is 49.3 Å². The van der Waals surface area contributed by atoms with Crippen molar-refractivity contribution in [3.05, 3.63) is 106 Å². The van der Waals surface area contributed by atoms with Gasteiger partial charge in [0.15, 0.2) is 0 Å². The van der Waals surface area contributed by atoms with Crippen molar-refractivity contribution in [1.29, 1.82) is 0 Å². The van der Waals surface area contributed by atoms with Crippen LogP contribution in [0.1, 0.15) is 60.4 Å². The maximum absolute atomic E-state index is 9.80. The minimum absolute atomic E-state index is 0.226. The summed E-state index contributed by atoms with van der Waals surface area (Å²) in [4.78, 5) is 6.77. The summed E-state index contributed by atoms with van der Waals surface area (Å²) in [6.45, 7) is 12.4. The average molecular weight is 744 g/mol. The normalized spacial score (nSPS) is 15.9. The van der Waals surface area contributed by atoms with E-state index in [1.54, 1.807) is 25.4 Å². The van der Waals surface area contributed by atoms with Crippen LogP contribution in [0.5, 0.6) is 17.2 Å². The van der Waals surface area contributed by atoms with Crippen LogP contribution in [-0.4, -0.2) is 78.3 Å². The van der Waals surface area contributed by atoms with E-state index in [2.05, 4.69) is 65.4 Å². The Hall–Kier alpha value is -3.70. The van der Waals surface area contributed by atoms with E-state index in [4.69, 9.17) is 30.5 Å². The van der Waals surface area contributed by atoms with Gasteiger partial charge in [-0.05, 0) is 111 Å². The summed E-state index contributed by atoms with van der Waals surface area (Å²) < 4.78 is 24.7. The van der Waals surface area contributed by atoms with Crippen molar-refractivity contribution in [2.24, 2.45) is 5.41 Å². The van der Waals surface area contributed by atoms with Crippen LogP contribution in [0, 0.1) is 19.3 Å². The number of pyridine rings is 1. The Kier molecular flexibility index (Phi) is 13.3. The maximum Gasteiger partial charge on any atom is 0.142 e. The van der Waals surface area contributed by atoms with Gasteiger partial charge in [0.1, 0.15) is 30.5 Å². The Morgan fingerprint density at radius 1 is 0.868 bits per heavy atom. The number of likely N-dealkylation sites (tertiary alicyclic amines) is 1. The first-order valence-corrected chi connectivity index (χ1v) is 19.1. The third-order valence-electron chi connectivity index (χ3n) is 11.0. The van der Waals surface area contributed by atoms with Gasteiger partial charge in [0.2, 0.25) is 0 Å². The molecule has 3 N–H and O–H groups in total. The summed E-state index contributed by atoms with van der Waals surface area (Å²) in [5, 5.41) is 23.3. The number of rotatable bonds is 17. The third kappa shape index (κ3) is 9.89. The topological polar surface area (TPSA) is 106 Å². The molecule has 1 aromatic heterocycles. The molecule has 53 heavy (non-hydrogen) atoms. The third-order valence-corrected chi connectivity index (χ3v) is 11.3. The van der Waals surface area contributed by atoms with Crippen molar-refractivity contribution < 1.29 is 29.2 Å². The van der Waals surface area contributed by atoms with Crippen LogP contribution in [0.15, 0.2) is 73.1 Å². The Labute approximate surface area is 319 Å². The van der Waals surface area contributed by atoms with Crippen LogP contribution in [0.2, 0.25) is 5.02 Å². The zero-order valence-corrected chi connectivity index (χ0v) is 32.1. The molecule has 3 heterocycles. The highest BCUT2D eigenvalue weighted by molar-refractivity contribution is 6.32. The highest BCUT2D eigenvalue weighted by Gasteiger charge is 2.37. The lowest BCUT2D eigenvalue weighted by molar-refractivity contribution is 0.0781. The second-order valence-corrected chi connectivity index (χ2v) is 15.3. The maximum atomic E-state index is 9.80. The summed E-state index contributed by atoms with van der Waals surface area (Å²) in [6, 6.07) is 20.0. The fraction of sp³-hybridized carbons (Fsp3) is 0.465. The van der Waals surface area contributed by atoms with Gasteiger partial charge >= 0.3 is 0 Å². The molecule has 9 nitrogen and oxygen atoms in total. The Morgan fingerprint density at radius 2 is 1.62 bits per heavy atom. The van der Waals surface area contributed by atoms with Gasteiger partial charge in [-0.2, -0.15) is 0 Å². The Morgan fingerprint density at radius 3 is 2.34 bits per heavy atom. The molecule has 0 unspecified atom stereocenters. The molecule has 4 aromatic rings. The summed E-state index contributed by atoms with van der Waals surface area (Å²) >= 11 is 6.79. The van der Waals surface area contributed by atoms with Crippen LogP contribution in [0.4, 0.5) is 0 Å². The number of halogens is 1. The monoisotopic (exact) mass is 743 g/mol. The Bertz CT molecular complexity index is 1780. The molecule has 0 bridgehead atoms. The van der Waals surface area contributed by atoms with Crippen molar-refractivity contribution >= 4 is 11.6 Å². The molecule has 2 aliphatic heterocycles. The van der Waals surface area contributed by atoms with Gasteiger partial charge in [-0.25, -0.2) is 0 Å². The lowest BCUT2D eigenvalue weighted by Gasteiger charge is -2.38. The lowest BCUT2D eigenvalue weighted by atomic mass is 9.78. The summed E-state index contributed by atoms with van der Waals surface area (Å²) in [7, 11) is 0. The SMILES string of the molecule is Cc1c(COc2cc(OCc3cccnc3)c(CNC(C)(CO)CO)cc2Cl)cccc1-c1cccc(OCCCN2CCC3(CCOC3)CC2)c1C. The van der Waals surface area contributed by atoms with E-state index < -0.39 is 5.54 Å². The van der Waals surface area contributed by atoms with E-state index >= 15 is 0 Å². The first-order valence-electron chi connectivity index (χ1n) is 18.8. The van der Waals surface area contributed by atoms with Gasteiger partial charge in [-0.3, -0.25) is 4.98 Å². The van der Waals surface area contributed by atoms with Crippen LogP contribution in [-0.2, 0) is 24.5 Å². The second-order valence-electron chi connectivity index (χ2n) is 14.9. The molecule has 2 fully saturated rings. The molecular weight excluding hydrogens is 690 g/mol. The Balaban J connectivity index is 1.10. The zero-order chi connectivity index (χ0) is 37.3. The zero-order valence-electron chi connectivity index (χ0n) is 31.3. The molecule has 0 amide bonds. The molecule has 6 rings (SSSR count). The number of ether oxygens (including phenoxy) is 4. The van der Waals surface area contributed by atoms with Gasteiger partial charge in [0.05, 0.1) is 37.0 Å². The standard InChI is InChI=1S/C43H54ClN3O6/c1-31-34(27-53-41-23-40(52-26-33-8-6-16-45-24-33)35(22-38(41)44)25-46-42(3,28-48)29-49)9-4-10-36(31)37-11-5-12-39(32(37)2)51-20-7-17-47-18-13-43(14-19-47)15-21-50-30-43/h4-6,8-12,16,22-24,46,48-49H,7,13-15,17-21,25-30H2,1-3H3. The minimum atomic E-state index is -0.864. The summed E-state index contributed by atoms with van der Waals surface area (Å²) in [5.41, 5.74) is 6.83. The predicted molar refractivity (Wildman–Crippen MR) is 209 cm³/mol. The van der Waals surface area contributed by atoms with Crippen LogP contribution in [0.3, 0.4) is 0 Å². The molecule has 2 saturated heterocycles. The average Bonchev–Trinajstić information content (AvgIpc) is 3.64. The first kappa shape index (κ1) is 39.0. The van der Waals surface area contributed by atoms with Crippen LogP contribution < -0.4 is 19.5 Å². The molecule has 1 spiro atoms. The minimum Gasteiger partial charge on any atom is -0.493 e. The number of aromatic nitrogens is 1. The van der Waals surface area contributed by atoms with E-state index in [1.807, 2.05) is 18.2 Å². The largest absolute Gasteiger partial charge is 0.493 e. The summed E-state index contributed by atoms with van der Waals surface area (Å²) in [6.07, 6.45) is 8.19. The van der Waals surface area contributed by atoms with E-state index in [1.165, 1.54) is 19.3 Å². The van der Waals surface area contributed by atoms with Crippen LogP contribution >= 0.6 is 11.6 Å². The van der Waals surface area contributed by atoms with Crippen molar-refractivity contribution in [3.63, 3.8) is 0 Å². The van der Waals surface area contributed by atoms with Gasteiger partial charge in [-0.15, -0.1) is 0 Å². The molecule has 0 radical (unpaired) electrons. The number of aliphatic hydroxyl groups is 2. The van der Waals surface area contributed by atoms with E-state index in [0.29, 0.717) is 48.3 Å². The molecule has 10 heteroatoms. The number of aliphatic hydroxyl groups excluding tert-OH is 2. The fourth-order valence-corrected chi connectivity index (χ4v) is 7.43. The number of nitrogens with one attached hydrogen (secondary N) is 1. The molecule has 2 aliphatic rings. The van der Waals surface area contributed by atoms with E-state index in [-0.39, 0.29) is 13.2 Å². The van der Waals surface area contributed by atoms with Crippen molar-refractivity contribution in [3.8, 4) is 28.4 Å². The van der Waals surface area contributed by atoms with Gasteiger partial charge in [-0.1, -0.05) is 48.0 Å². The molecule has 0 aliphatic carbocycles. The highest BCUT2D eigenvalue weighted by atomic mass is 35.5. The predicted octanol–water partition coefficient (Wildman–Crippen LogP) is 7.28. The quantitative estimate of drug-likeness (QED) is 0.0963. The molecule has 0 atom stereocenters. The highest BCUT2D eigenvalue weighted by Crippen LogP contribution is 2.39. The van der Waals surface area contributed by atoms with Crippen molar-refractivity contribution in [2.75, 3.05) is 52.7 Å². The second kappa shape index (κ2) is 18.1. The van der Waals surface area contributed by atoms with E-state index in [9.17, 15) is 10.2 Å².